The molecule has 3 aliphatic carbocycles. The Morgan fingerprint density at radius 3 is 2.58 bits per heavy atom. The third kappa shape index (κ3) is 3.31. The van der Waals surface area contributed by atoms with Gasteiger partial charge in [-0.05, 0) is 55.2 Å². The lowest BCUT2D eigenvalue weighted by Crippen LogP contribution is -2.67. The van der Waals surface area contributed by atoms with E-state index in [1.165, 1.54) is 0 Å². The van der Waals surface area contributed by atoms with Crippen molar-refractivity contribution >= 4 is 17.7 Å². The molecule has 2 saturated heterocycles. The minimum atomic E-state index is -0.0189. The monoisotopic (exact) mass is 448 g/mol. The molecule has 174 valence electrons. The fourth-order valence-corrected chi connectivity index (χ4v) is 6.51. The minimum Gasteiger partial charge on any atom is -0.377 e. The van der Waals surface area contributed by atoms with Gasteiger partial charge in [-0.25, -0.2) is 0 Å². The maximum Gasteiger partial charge on any atom is 0.258 e. The van der Waals surface area contributed by atoms with Crippen LogP contribution >= 0.6 is 0 Å². The molecule has 0 radical (unpaired) electrons. The van der Waals surface area contributed by atoms with E-state index in [1.54, 1.807) is 0 Å². The third-order valence-corrected chi connectivity index (χ3v) is 8.38. The maximum atomic E-state index is 13.0. The highest BCUT2D eigenvalue weighted by Gasteiger charge is 2.69. The zero-order valence-corrected chi connectivity index (χ0v) is 19.5. The van der Waals surface area contributed by atoms with Gasteiger partial charge in [0.1, 0.15) is 0 Å². The van der Waals surface area contributed by atoms with Crippen molar-refractivity contribution in [2.45, 2.75) is 51.0 Å². The summed E-state index contributed by atoms with van der Waals surface area (Å²) >= 11 is 0. The van der Waals surface area contributed by atoms with Crippen molar-refractivity contribution in [2.24, 2.45) is 10.8 Å². The standard InChI is InChI=1S/C26H32N4O3/c1-4-17-5-6-19(11-21(17)29(3)20-12-32-13-20)23-27-22(28-33-23)18-7-9-30(10-8-18)24(31)26-14-25(2,15-26)16-26/h4-6,11,18,20H,1,7-10,12-16H2,2-3H3. The molecule has 7 heteroatoms. The van der Waals surface area contributed by atoms with Crippen LogP contribution < -0.4 is 4.90 Å². The number of anilines is 1. The highest BCUT2D eigenvalue weighted by atomic mass is 16.5. The smallest absolute Gasteiger partial charge is 0.258 e. The largest absolute Gasteiger partial charge is 0.377 e. The number of carbonyl (C=O) groups excluding carboxylic acids is 1. The fraction of sp³-hybridized carbons (Fsp3) is 0.577. The Hall–Kier alpha value is -2.67. The van der Waals surface area contributed by atoms with E-state index >= 15 is 0 Å². The molecule has 0 spiro atoms. The lowest BCUT2D eigenvalue weighted by atomic mass is 9.35. The number of piperidine rings is 1. The molecule has 5 fully saturated rings. The molecule has 2 aliphatic heterocycles. The number of amides is 1. The predicted molar refractivity (Wildman–Crippen MR) is 126 cm³/mol. The summed E-state index contributed by atoms with van der Waals surface area (Å²) < 4.78 is 11.0. The first kappa shape index (κ1) is 20.9. The lowest BCUT2D eigenvalue weighted by Gasteiger charge is -2.69. The molecule has 1 aromatic heterocycles. The van der Waals surface area contributed by atoms with Crippen molar-refractivity contribution in [3.8, 4) is 11.5 Å². The average Bonchev–Trinajstić information content (AvgIpc) is 3.24. The second-order valence-corrected chi connectivity index (χ2v) is 10.9. The summed E-state index contributed by atoms with van der Waals surface area (Å²) in [7, 11) is 2.08. The van der Waals surface area contributed by atoms with E-state index in [-0.39, 0.29) is 11.3 Å². The molecule has 0 atom stereocenters. The van der Waals surface area contributed by atoms with Crippen molar-refractivity contribution in [2.75, 3.05) is 38.3 Å². The van der Waals surface area contributed by atoms with Crippen LogP contribution in [0.2, 0.25) is 0 Å². The Balaban J connectivity index is 1.13. The molecule has 1 amide bonds. The second kappa shape index (κ2) is 7.42. The molecular weight excluding hydrogens is 416 g/mol. The van der Waals surface area contributed by atoms with Crippen molar-refractivity contribution in [1.29, 1.82) is 0 Å². The Morgan fingerprint density at radius 2 is 1.97 bits per heavy atom. The van der Waals surface area contributed by atoms with Gasteiger partial charge < -0.3 is 19.1 Å². The van der Waals surface area contributed by atoms with E-state index in [9.17, 15) is 4.79 Å². The molecule has 7 nitrogen and oxygen atoms in total. The molecule has 0 N–H and O–H groups in total. The quantitative estimate of drug-likeness (QED) is 0.662. The van der Waals surface area contributed by atoms with Crippen molar-refractivity contribution < 1.29 is 14.1 Å². The van der Waals surface area contributed by atoms with Crippen molar-refractivity contribution in [1.82, 2.24) is 15.0 Å². The van der Waals surface area contributed by atoms with Crippen molar-refractivity contribution in [3.05, 3.63) is 36.2 Å². The van der Waals surface area contributed by atoms with Crippen LogP contribution in [-0.4, -0.2) is 60.3 Å². The summed E-state index contributed by atoms with van der Waals surface area (Å²) in [5.74, 6) is 1.92. The number of benzene rings is 1. The molecule has 2 bridgehead atoms. The SMILES string of the molecule is C=Cc1ccc(-c2nc(C3CCN(C(=O)C45CC(C)(C4)C5)CC3)no2)cc1N(C)C1COC1. The van der Waals surface area contributed by atoms with E-state index in [0.717, 1.165) is 81.0 Å². The van der Waals surface area contributed by atoms with Crippen LogP contribution in [-0.2, 0) is 9.53 Å². The molecule has 1 aromatic carbocycles. The molecule has 2 aromatic rings. The van der Waals surface area contributed by atoms with Gasteiger partial charge in [0, 0.05) is 37.3 Å². The summed E-state index contributed by atoms with van der Waals surface area (Å²) in [6, 6.07) is 6.53. The number of hydrogen-bond donors (Lipinski definition) is 0. The zero-order chi connectivity index (χ0) is 22.8. The summed E-state index contributed by atoms with van der Waals surface area (Å²) in [4.78, 5) is 22.1. The average molecular weight is 449 g/mol. The minimum absolute atomic E-state index is 0.0189. The lowest BCUT2D eigenvalue weighted by molar-refractivity contribution is -0.210. The van der Waals surface area contributed by atoms with E-state index in [1.807, 2.05) is 18.2 Å². The third-order valence-electron chi connectivity index (χ3n) is 8.38. The number of likely N-dealkylation sites (N-methyl/N-ethyl adjacent to an activating group) is 1. The van der Waals surface area contributed by atoms with Crippen molar-refractivity contribution in [3.63, 3.8) is 0 Å². The van der Waals surface area contributed by atoms with E-state index in [2.05, 4.69) is 41.6 Å². The summed E-state index contributed by atoms with van der Waals surface area (Å²) in [5, 5.41) is 4.32. The first-order valence-corrected chi connectivity index (χ1v) is 12.1. The Morgan fingerprint density at radius 1 is 1.24 bits per heavy atom. The van der Waals surface area contributed by atoms with Gasteiger partial charge in [-0.1, -0.05) is 30.8 Å². The van der Waals surface area contributed by atoms with Crippen LogP contribution in [0.4, 0.5) is 5.69 Å². The molecule has 33 heavy (non-hydrogen) atoms. The second-order valence-electron chi connectivity index (χ2n) is 10.9. The highest BCUT2D eigenvalue weighted by molar-refractivity contribution is 5.86. The Kier molecular flexibility index (Phi) is 4.70. The number of nitrogens with zero attached hydrogens (tertiary/aromatic N) is 4. The molecule has 5 aliphatic rings. The van der Waals surface area contributed by atoms with Gasteiger partial charge in [-0.2, -0.15) is 4.98 Å². The molecule has 0 unspecified atom stereocenters. The summed E-state index contributed by atoms with van der Waals surface area (Å²) in [6.07, 6.45) is 6.91. The van der Waals surface area contributed by atoms with Crippen LogP contribution in [0, 0.1) is 10.8 Å². The maximum absolute atomic E-state index is 13.0. The van der Waals surface area contributed by atoms with E-state index in [0.29, 0.717) is 23.3 Å². The fourth-order valence-electron chi connectivity index (χ4n) is 6.51. The number of rotatable bonds is 6. The topological polar surface area (TPSA) is 71.7 Å². The van der Waals surface area contributed by atoms with Gasteiger partial charge in [0.15, 0.2) is 5.82 Å². The number of carbonyl (C=O) groups is 1. The van der Waals surface area contributed by atoms with Gasteiger partial charge in [0.05, 0.1) is 24.7 Å². The number of ether oxygens (including phenoxy) is 1. The van der Waals surface area contributed by atoms with Gasteiger partial charge in [0.25, 0.3) is 5.89 Å². The Labute approximate surface area is 194 Å². The highest BCUT2D eigenvalue weighted by Crippen LogP contribution is 2.73. The first-order chi connectivity index (χ1) is 15.9. The number of aromatic nitrogens is 2. The van der Waals surface area contributed by atoms with Crippen LogP contribution in [0.1, 0.15) is 56.3 Å². The Bertz CT molecular complexity index is 1080. The number of likely N-dealkylation sites (tertiary alicyclic amines) is 1. The molecule has 3 heterocycles. The van der Waals surface area contributed by atoms with E-state index in [4.69, 9.17) is 14.2 Å². The van der Waals surface area contributed by atoms with Gasteiger partial charge >= 0.3 is 0 Å². The first-order valence-electron chi connectivity index (χ1n) is 12.1. The predicted octanol–water partition coefficient (Wildman–Crippen LogP) is 4.11. The van der Waals surface area contributed by atoms with Gasteiger partial charge in [-0.15, -0.1) is 0 Å². The van der Waals surface area contributed by atoms with Crippen LogP contribution in [0.3, 0.4) is 0 Å². The number of hydrogen-bond acceptors (Lipinski definition) is 6. The van der Waals surface area contributed by atoms with E-state index < -0.39 is 0 Å². The van der Waals surface area contributed by atoms with Gasteiger partial charge in [0.2, 0.25) is 5.91 Å². The normalized spacial score (nSPS) is 29.1. The molecular formula is C26H32N4O3. The van der Waals surface area contributed by atoms with Crippen LogP contribution in [0.15, 0.2) is 29.3 Å². The summed E-state index contributed by atoms with van der Waals surface area (Å²) in [6.45, 7) is 9.32. The van der Waals surface area contributed by atoms with Gasteiger partial charge in [-0.3, -0.25) is 4.79 Å². The molecule has 7 rings (SSSR count). The van der Waals surface area contributed by atoms with Crippen LogP contribution in [0.5, 0.6) is 0 Å². The van der Waals surface area contributed by atoms with Crippen LogP contribution in [0.25, 0.3) is 17.5 Å². The zero-order valence-electron chi connectivity index (χ0n) is 19.5. The summed E-state index contributed by atoms with van der Waals surface area (Å²) in [5.41, 5.74) is 3.51. The molecule has 3 saturated carbocycles.